The van der Waals surface area contributed by atoms with Gasteiger partial charge < -0.3 is 0 Å². The monoisotopic (exact) mass is 617 g/mol. The van der Waals surface area contributed by atoms with E-state index in [1.54, 1.807) is 0 Å². The first-order valence-electron chi connectivity index (χ1n) is 15.7. The van der Waals surface area contributed by atoms with Gasteiger partial charge >= 0.3 is 0 Å². The van der Waals surface area contributed by atoms with Gasteiger partial charge in [0.2, 0.25) is 0 Å². The Bertz CT molecular complexity index is 2510. The van der Waals surface area contributed by atoms with Crippen LogP contribution in [-0.4, -0.2) is 15.0 Å². The summed E-state index contributed by atoms with van der Waals surface area (Å²) in [6, 6.07) is 57.5. The quantitative estimate of drug-likeness (QED) is 0.193. The molecule has 0 N–H and O–H groups in total. The molecule has 0 radical (unpaired) electrons. The molecule has 7 aromatic carbocycles. The topological polar surface area (TPSA) is 38.7 Å². The van der Waals surface area contributed by atoms with Crippen molar-refractivity contribution in [2.45, 2.75) is 0 Å². The molecule has 9 aromatic rings. The van der Waals surface area contributed by atoms with Crippen LogP contribution in [-0.2, 0) is 0 Å². The first-order valence-corrected chi connectivity index (χ1v) is 16.5. The van der Waals surface area contributed by atoms with Crippen LogP contribution in [0.5, 0.6) is 0 Å². The highest BCUT2D eigenvalue weighted by Crippen LogP contribution is 2.39. The fraction of sp³-hybridized carbons (Fsp3) is 0. The van der Waals surface area contributed by atoms with Crippen LogP contribution >= 0.6 is 11.3 Å². The van der Waals surface area contributed by atoms with Gasteiger partial charge in [0.25, 0.3) is 0 Å². The Hall–Kier alpha value is -5.97. The first kappa shape index (κ1) is 27.3. The maximum atomic E-state index is 4.94. The molecule has 220 valence electrons. The molecule has 9 rings (SSSR count). The van der Waals surface area contributed by atoms with Crippen LogP contribution in [0.15, 0.2) is 164 Å². The Morgan fingerprint density at radius 2 is 0.830 bits per heavy atom. The van der Waals surface area contributed by atoms with E-state index in [2.05, 4.69) is 103 Å². The van der Waals surface area contributed by atoms with Crippen molar-refractivity contribution >= 4 is 42.3 Å². The summed E-state index contributed by atoms with van der Waals surface area (Å²) in [7, 11) is 0. The van der Waals surface area contributed by atoms with Gasteiger partial charge in [-0.2, -0.15) is 0 Å². The largest absolute Gasteiger partial charge is 0.208 e. The van der Waals surface area contributed by atoms with Crippen molar-refractivity contribution < 1.29 is 0 Å². The molecule has 0 fully saturated rings. The molecule has 0 spiro atoms. The fourth-order valence-electron chi connectivity index (χ4n) is 6.39. The minimum absolute atomic E-state index is 0.650. The Labute approximate surface area is 276 Å². The van der Waals surface area contributed by atoms with Crippen LogP contribution < -0.4 is 0 Å². The third kappa shape index (κ3) is 5.05. The number of hydrogen-bond donors (Lipinski definition) is 0. The summed E-state index contributed by atoms with van der Waals surface area (Å²) < 4.78 is 2.66. The van der Waals surface area contributed by atoms with Gasteiger partial charge in [-0.05, 0) is 63.4 Å². The van der Waals surface area contributed by atoms with Crippen LogP contribution in [0.4, 0.5) is 0 Å². The smallest absolute Gasteiger partial charge is 0.164 e. The number of thiophene rings is 1. The highest BCUT2D eigenvalue weighted by Gasteiger charge is 2.14. The normalized spacial score (nSPS) is 11.4. The molecule has 47 heavy (non-hydrogen) atoms. The maximum Gasteiger partial charge on any atom is 0.164 e. The number of rotatable bonds is 5. The number of hydrogen-bond acceptors (Lipinski definition) is 4. The molecule has 0 aliphatic rings. The molecule has 0 bridgehead atoms. The SMILES string of the molecule is c1ccc(-c2nc(-c3ccccc3)nc(-c3cccc(-c4cccc(-c5ccc6c(ccc7sc8ccccc8c76)c5)c4)c3)n2)cc1. The van der Waals surface area contributed by atoms with E-state index in [0.717, 1.165) is 27.8 Å². The standard InChI is InChI=1S/C43H27N3S/c1-3-11-28(12-4-1)41-44-42(29-13-5-2-6-14-29)46-43(45-41)35-18-10-17-32(27-35)30-15-9-16-31(25-30)33-21-23-36-34(26-33)22-24-39-40(36)37-19-7-8-20-38(37)47-39/h1-27H. The molecule has 2 aromatic heterocycles. The van der Waals surface area contributed by atoms with Crippen molar-refractivity contribution in [3.8, 4) is 56.4 Å². The zero-order valence-electron chi connectivity index (χ0n) is 25.3. The fourth-order valence-corrected chi connectivity index (χ4v) is 7.51. The second kappa shape index (κ2) is 11.4. The summed E-state index contributed by atoms with van der Waals surface area (Å²) in [6.45, 7) is 0. The van der Waals surface area contributed by atoms with E-state index >= 15 is 0 Å². The summed E-state index contributed by atoms with van der Waals surface area (Å²) >= 11 is 1.86. The van der Waals surface area contributed by atoms with Gasteiger partial charge in [0.15, 0.2) is 17.5 Å². The highest BCUT2D eigenvalue weighted by molar-refractivity contribution is 7.26. The summed E-state index contributed by atoms with van der Waals surface area (Å²) in [5, 5.41) is 5.24. The minimum atomic E-state index is 0.650. The number of aromatic nitrogens is 3. The van der Waals surface area contributed by atoms with Crippen LogP contribution in [0.2, 0.25) is 0 Å². The Morgan fingerprint density at radius 1 is 0.319 bits per heavy atom. The molecule has 0 aliphatic heterocycles. The van der Waals surface area contributed by atoms with Crippen molar-refractivity contribution in [3.63, 3.8) is 0 Å². The molecule has 0 amide bonds. The lowest BCUT2D eigenvalue weighted by atomic mass is 9.95. The zero-order valence-corrected chi connectivity index (χ0v) is 26.2. The zero-order chi connectivity index (χ0) is 31.2. The lowest BCUT2D eigenvalue weighted by Gasteiger charge is -2.11. The van der Waals surface area contributed by atoms with Gasteiger partial charge in [0.05, 0.1) is 0 Å². The average molecular weight is 618 g/mol. The van der Waals surface area contributed by atoms with Gasteiger partial charge in [0, 0.05) is 36.9 Å². The number of benzene rings is 7. The van der Waals surface area contributed by atoms with Gasteiger partial charge in [0.1, 0.15) is 0 Å². The molecular formula is C43H27N3S. The molecule has 0 unspecified atom stereocenters. The maximum absolute atomic E-state index is 4.94. The predicted octanol–water partition coefficient (Wildman–Crippen LogP) is 11.7. The van der Waals surface area contributed by atoms with E-state index in [9.17, 15) is 0 Å². The predicted molar refractivity (Wildman–Crippen MR) is 197 cm³/mol. The van der Waals surface area contributed by atoms with Crippen molar-refractivity contribution in [1.82, 2.24) is 15.0 Å². The van der Waals surface area contributed by atoms with Crippen LogP contribution in [0.1, 0.15) is 0 Å². The van der Waals surface area contributed by atoms with Gasteiger partial charge in [-0.15, -0.1) is 11.3 Å². The lowest BCUT2D eigenvalue weighted by Crippen LogP contribution is -2.00. The van der Waals surface area contributed by atoms with E-state index in [4.69, 9.17) is 15.0 Å². The minimum Gasteiger partial charge on any atom is -0.208 e. The molecule has 4 heteroatoms. The van der Waals surface area contributed by atoms with Crippen molar-refractivity contribution in [2.75, 3.05) is 0 Å². The number of fused-ring (bicyclic) bond motifs is 5. The Balaban J connectivity index is 1.11. The van der Waals surface area contributed by atoms with Crippen LogP contribution in [0.25, 0.3) is 87.4 Å². The van der Waals surface area contributed by atoms with E-state index in [1.165, 1.54) is 42.1 Å². The van der Waals surface area contributed by atoms with Crippen molar-refractivity contribution in [2.24, 2.45) is 0 Å². The first-order chi connectivity index (χ1) is 23.3. The Morgan fingerprint density at radius 3 is 1.49 bits per heavy atom. The van der Waals surface area contributed by atoms with E-state index in [-0.39, 0.29) is 0 Å². The molecule has 0 atom stereocenters. The molecule has 0 saturated heterocycles. The van der Waals surface area contributed by atoms with Crippen molar-refractivity contribution in [3.05, 3.63) is 164 Å². The van der Waals surface area contributed by atoms with Crippen LogP contribution in [0, 0.1) is 0 Å². The van der Waals surface area contributed by atoms with Gasteiger partial charge in [-0.1, -0.05) is 133 Å². The van der Waals surface area contributed by atoms with E-state index < -0.39 is 0 Å². The summed E-state index contributed by atoms with van der Waals surface area (Å²) in [4.78, 5) is 14.7. The molecule has 0 saturated carbocycles. The summed E-state index contributed by atoms with van der Waals surface area (Å²) in [5.41, 5.74) is 7.50. The van der Waals surface area contributed by atoms with Crippen LogP contribution in [0.3, 0.4) is 0 Å². The molecular weight excluding hydrogens is 591 g/mol. The highest BCUT2D eigenvalue weighted by atomic mass is 32.1. The average Bonchev–Trinajstić information content (AvgIpc) is 3.54. The molecule has 0 aliphatic carbocycles. The summed E-state index contributed by atoms with van der Waals surface area (Å²) in [5.74, 6) is 1.97. The van der Waals surface area contributed by atoms with E-state index in [0.29, 0.717) is 17.5 Å². The third-order valence-corrected chi connectivity index (χ3v) is 9.84. The van der Waals surface area contributed by atoms with Crippen molar-refractivity contribution in [1.29, 1.82) is 0 Å². The third-order valence-electron chi connectivity index (χ3n) is 8.71. The van der Waals surface area contributed by atoms with Gasteiger partial charge in [-0.25, -0.2) is 15.0 Å². The summed E-state index contributed by atoms with van der Waals surface area (Å²) in [6.07, 6.45) is 0. The lowest BCUT2D eigenvalue weighted by molar-refractivity contribution is 1.07. The second-order valence-electron chi connectivity index (χ2n) is 11.7. The molecule has 2 heterocycles. The van der Waals surface area contributed by atoms with E-state index in [1.807, 2.05) is 72.0 Å². The number of nitrogens with zero attached hydrogens (tertiary/aromatic N) is 3. The van der Waals surface area contributed by atoms with Gasteiger partial charge in [-0.3, -0.25) is 0 Å². The second-order valence-corrected chi connectivity index (χ2v) is 12.8. The molecule has 3 nitrogen and oxygen atoms in total. The Kier molecular flexibility index (Phi) is 6.65.